The fourth-order valence-electron chi connectivity index (χ4n) is 3.94. The van der Waals surface area contributed by atoms with E-state index >= 15 is 0 Å². The van der Waals surface area contributed by atoms with E-state index in [1.54, 1.807) is 0 Å². The summed E-state index contributed by atoms with van der Waals surface area (Å²) in [4.78, 5) is 27.0. The number of likely N-dealkylation sites (tertiary alicyclic amines) is 1. The van der Waals surface area contributed by atoms with Crippen molar-refractivity contribution in [2.45, 2.75) is 44.9 Å². The van der Waals surface area contributed by atoms with Crippen molar-refractivity contribution in [3.8, 4) is 0 Å². The van der Waals surface area contributed by atoms with Gasteiger partial charge in [0.2, 0.25) is 5.91 Å². The summed E-state index contributed by atoms with van der Waals surface area (Å²) in [5.74, 6) is 5.62. The molecule has 1 aromatic carbocycles. The number of hydrazine groups is 1. The zero-order valence-electron chi connectivity index (χ0n) is 16.6. The van der Waals surface area contributed by atoms with Gasteiger partial charge < -0.3 is 20.3 Å². The Morgan fingerprint density at radius 2 is 2.00 bits per heavy atom. The number of nitrogens with one attached hydrogen (secondary N) is 2. The highest BCUT2D eigenvalue weighted by Gasteiger charge is 2.42. The van der Waals surface area contributed by atoms with E-state index in [0.717, 1.165) is 29.1 Å². The number of hydrogen-bond acceptors (Lipinski definition) is 6. The summed E-state index contributed by atoms with van der Waals surface area (Å²) in [6, 6.07) is 9.25. The van der Waals surface area contributed by atoms with Gasteiger partial charge in [-0.3, -0.25) is 4.79 Å². The Bertz CT molecular complexity index is 737. The lowest BCUT2D eigenvalue weighted by Gasteiger charge is -2.36. The first-order chi connectivity index (χ1) is 13.4. The fraction of sp³-hybridized carbons (Fsp3) is 0.500. The molecule has 1 aromatic rings. The van der Waals surface area contributed by atoms with Crippen LogP contribution in [0.25, 0.3) is 5.70 Å². The summed E-state index contributed by atoms with van der Waals surface area (Å²) >= 11 is 0. The van der Waals surface area contributed by atoms with Gasteiger partial charge in [0.15, 0.2) is 0 Å². The van der Waals surface area contributed by atoms with Crippen molar-refractivity contribution in [3.63, 3.8) is 0 Å². The number of ether oxygens (including phenoxy) is 1. The molecule has 1 saturated heterocycles. The molecule has 3 rings (SSSR count). The Kier molecular flexibility index (Phi) is 6.08. The third-order valence-electron chi connectivity index (χ3n) is 5.34. The number of hydrogen-bond donors (Lipinski definition) is 3. The van der Waals surface area contributed by atoms with Gasteiger partial charge in [0, 0.05) is 12.7 Å². The largest absolute Gasteiger partial charge is 0.452 e. The lowest BCUT2D eigenvalue weighted by Crippen LogP contribution is -2.60. The molecular weight excluding hydrogens is 358 g/mol. The normalized spacial score (nSPS) is 22.3. The van der Waals surface area contributed by atoms with Gasteiger partial charge in [-0.05, 0) is 24.3 Å². The molecule has 0 aromatic heterocycles. The number of rotatable bonds is 5. The summed E-state index contributed by atoms with van der Waals surface area (Å²) in [6.45, 7) is 4.39. The van der Waals surface area contributed by atoms with Crippen LogP contribution in [-0.4, -0.2) is 53.8 Å². The van der Waals surface area contributed by atoms with Crippen LogP contribution >= 0.6 is 0 Å². The van der Waals surface area contributed by atoms with E-state index in [-0.39, 0.29) is 24.0 Å². The SMILES string of the molecule is COC(=O)N(N)[C@H](C(=O)N1CCC[C@H]1C1NC=C(c2ccccc2)N1)C(C)C. The first kappa shape index (κ1) is 20.0. The van der Waals surface area contributed by atoms with E-state index in [4.69, 9.17) is 10.6 Å². The van der Waals surface area contributed by atoms with Crippen LogP contribution in [0, 0.1) is 5.92 Å². The van der Waals surface area contributed by atoms with Crippen molar-refractivity contribution in [1.82, 2.24) is 20.5 Å². The topological polar surface area (TPSA) is 99.9 Å². The highest BCUT2D eigenvalue weighted by Crippen LogP contribution is 2.26. The lowest BCUT2D eigenvalue weighted by molar-refractivity contribution is -0.139. The Morgan fingerprint density at radius 1 is 1.29 bits per heavy atom. The van der Waals surface area contributed by atoms with E-state index < -0.39 is 12.1 Å². The van der Waals surface area contributed by atoms with Crippen LogP contribution in [0.1, 0.15) is 32.3 Å². The Hall–Kier alpha value is -2.74. The maximum Gasteiger partial charge on any atom is 0.424 e. The van der Waals surface area contributed by atoms with E-state index in [0.29, 0.717) is 6.54 Å². The molecule has 2 heterocycles. The molecule has 152 valence electrons. The molecule has 8 nitrogen and oxygen atoms in total. The maximum atomic E-state index is 13.3. The lowest BCUT2D eigenvalue weighted by atomic mass is 10.0. The van der Waals surface area contributed by atoms with Gasteiger partial charge in [0.1, 0.15) is 12.2 Å². The molecule has 1 unspecified atom stereocenters. The number of nitrogens with zero attached hydrogens (tertiary/aromatic N) is 2. The fourth-order valence-corrected chi connectivity index (χ4v) is 3.94. The maximum absolute atomic E-state index is 13.3. The average Bonchev–Trinajstić information content (AvgIpc) is 3.36. The minimum absolute atomic E-state index is 0.0303. The molecule has 0 bridgehead atoms. The standard InChI is InChI=1S/C20H29N5O3/c1-13(2)17(25(21)20(27)28-3)19(26)24-11-7-10-16(24)18-22-12-15(23-18)14-8-5-4-6-9-14/h4-6,8-9,12-13,16-18,22-23H,7,10-11,21H2,1-3H3/t16-,17-,18?/m0/s1. The smallest absolute Gasteiger partial charge is 0.424 e. The minimum Gasteiger partial charge on any atom is -0.452 e. The van der Waals surface area contributed by atoms with Crippen molar-refractivity contribution < 1.29 is 14.3 Å². The number of carbonyl (C=O) groups excluding carboxylic acids is 2. The molecule has 0 aliphatic carbocycles. The van der Waals surface area contributed by atoms with Gasteiger partial charge in [-0.15, -0.1) is 0 Å². The Morgan fingerprint density at radius 3 is 2.64 bits per heavy atom. The molecule has 4 N–H and O–H groups in total. The van der Waals surface area contributed by atoms with Crippen LogP contribution in [0.5, 0.6) is 0 Å². The van der Waals surface area contributed by atoms with Crippen LogP contribution in [0.15, 0.2) is 36.5 Å². The van der Waals surface area contributed by atoms with Gasteiger partial charge >= 0.3 is 6.09 Å². The summed E-state index contributed by atoms with van der Waals surface area (Å²) in [5.41, 5.74) is 2.09. The van der Waals surface area contributed by atoms with Gasteiger partial charge in [0.05, 0.1) is 18.8 Å². The van der Waals surface area contributed by atoms with Gasteiger partial charge in [-0.25, -0.2) is 15.6 Å². The third kappa shape index (κ3) is 3.91. The zero-order valence-corrected chi connectivity index (χ0v) is 16.6. The molecule has 28 heavy (non-hydrogen) atoms. The average molecular weight is 387 g/mol. The highest BCUT2D eigenvalue weighted by molar-refractivity contribution is 5.86. The van der Waals surface area contributed by atoms with Crippen LogP contribution in [0.3, 0.4) is 0 Å². The van der Waals surface area contributed by atoms with E-state index in [1.807, 2.05) is 55.3 Å². The molecule has 1 fully saturated rings. The summed E-state index contributed by atoms with van der Waals surface area (Å²) in [5, 5.41) is 7.75. The van der Waals surface area contributed by atoms with Gasteiger partial charge in [0.25, 0.3) is 0 Å². The highest BCUT2D eigenvalue weighted by atomic mass is 16.5. The molecule has 0 spiro atoms. The van der Waals surface area contributed by atoms with Crippen LogP contribution in [0.4, 0.5) is 4.79 Å². The molecule has 2 aliphatic rings. The van der Waals surface area contributed by atoms with E-state index in [2.05, 4.69) is 10.6 Å². The quantitative estimate of drug-likeness (QED) is 0.402. The summed E-state index contributed by atoms with van der Waals surface area (Å²) in [6.07, 6.45) is 2.93. The van der Waals surface area contributed by atoms with E-state index in [1.165, 1.54) is 7.11 Å². The summed E-state index contributed by atoms with van der Waals surface area (Å²) in [7, 11) is 1.26. The molecule has 0 radical (unpaired) electrons. The molecule has 2 aliphatic heterocycles. The Labute approximate surface area is 165 Å². The number of amides is 2. The Balaban J connectivity index is 1.72. The number of benzene rings is 1. The molecule has 2 amide bonds. The predicted octanol–water partition coefficient (Wildman–Crippen LogP) is 1.46. The molecule has 8 heteroatoms. The second-order valence-electron chi connectivity index (χ2n) is 7.52. The van der Waals surface area contributed by atoms with Crippen molar-refractivity contribution in [2.24, 2.45) is 11.8 Å². The second-order valence-corrected chi connectivity index (χ2v) is 7.52. The molecular formula is C20H29N5O3. The van der Waals surface area contributed by atoms with Crippen LogP contribution in [0.2, 0.25) is 0 Å². The molecule has 0 saturated carbocycles. The first-order valence-corrected chi connectivity index (χ1v) is 9.64. The van der Waals surface area contributed by atoms with Crippen molar-refractivity contribution >= 4 is 17.7 Å². The number of methoxy groups -OCH3 is 1. The van der Waals surface area contributed by atoms with Crippen LogP contribution < -0.4 is 16.5 Å². The number of nitrogens with two attached hydrogens (primary N) is 1. The van der Waals surface area contributed by atoms with Crippen molar-refractivity contribution in [1.29, 1.82) is 0 Å². The predicted molar refractivity (Wildman–Crippen MR) is 106 cm³/mol. The van der Waals surface area contributed by atoms with Gasteiger partial charge in [-0.2, -0.15) is 0 Å². The van der Waals surface area contributed by atoms with Crippen molar-refractivity contribution in [2.75, 3.05) is 13.7 Å². The molecule has 3 atom stereocenters. The second kappa shape index (κ2) is 8.52. The van der Waals surface area contributed by atoms with Crippen LogP contribution in [-0.2, 0) is 9.53 Å². The van der Waals surface area contributed by atoms with Gasteiger partial charge in [-0.1, -0.05) is 44.2 Å². The third-order valence-corrected chi connectivity index (χ3v) is 5.34. The minimum atomic E-state index is -0.768. The monoisotopic (exact) mass is 387 g/mol. The van der Waals surface area contributed by atoms with Crippen molar-refractivity contribution in [3.05, 3.63) is 42.1 Å². The zero-order chi connectivity index (χ0) is 20.3. The van der Waals surface area contributed by atoms with E-state index in [9.17, 15) is 9.59 Å². The number of carbonyl (C=O) groups is 2. The first-order valence-electron chi connectivity index (χ1n) is 9.64. The summed E-state index contributed by atoms with van der Waals surface area (Å²) < 4.78 is 4.70.